The van der Waals surface area contributed by atoms with E-state index in [0.29, 0.717) is 16.9 Å². The Labute approximate surface area is 213 Å². The van der Waals surface area contributed by atoms with Crippen molar-refractivity contribution in [1.82, 2.24) is 0 Å². The molecule has 1 atom stereocenters. The fourth-order valence-electron chi connectivity index (χ4n) is 4.05. The van der Waals surface area contributed by atoms with Crippen molar-refractivity contribution < 1.29 is 16.8 Å². The summed E-state index contributed by atoms with van der Waals surface area (Å²) in [6, 6.07) is 23.0. The molecule has 0 radical (unpaired) electrons. The van der Waals surface area contributed by atoms with E-state index in [9.17, 15) is 16.8 Å². The number of benzene rings is 3. The van der Waals surface area contributed by atoms with E-state index in [4.69, 9.17) is 5.14 Å². The van der Waals surface area contributed by atoms with Crippen LogP contribution >= 0.6 is 0 Å². The summed E-state index contributed by atoms with van der Waals surface area (Å²) in [6.45, 7) is 0. The predicted octanol–water partition coefficient (Wildman–Crippen LogP) is 5.69. The van der Waals surface area contributed by atoms with E-state index in [2.05, 4.69) is 0 Å². The molecule has 3 aromatic rings. The summed E-state index contributed by atoms with van der Waals surface area (Å²) in [7, 11) is -7.03. The van der Waals surface area contributed by atoms with Crippen molar-refractivity contribution in [3.63, 3.8) is 0 Å². The van der Waals surface area contributed by atoms with Crippen molar-refractivity contribution in [2.24, 2.45) is 11.1 Å². The lowest BCUT2D eigenvalue weighted by Crippen LogP contribution is -2.20. The van der Waals surface area contributed by atoms with Gasteiger partial charge in [-0.1, -0.05) is 103 Å². The third-order valence-electron chi connectivity index (χ3n) is 5.93. The third kappa shape index (κ3) is 6.37. The van der Waals surface area contributed by atoms with Gasteiger partial charge in [0.25, 0.3) is 0 Å². The maximum atomic E-state index is 12.0. The van der Waals surface area contributed by atoms with Crippen molar-refractivity contribution in [2.75, 3.05) is 6.26 Å². The maximum Gasteiger partial charge on any atom is 0.234 e. The lowest BCUT2D eigenvalue weighted by molar-refractivity contribution is 0.596. The Morgan fingerprint density at radius 2 is 1.36 bits per heavy atom. The van der Waals surface area contributed by atoms with Crippen molar-refractivity contribution >= 4 is 38.1 Å². The average Bonchev–Trinajstić information content (AvgIpc) is 2.86. The largest absolute Gasteiger partial charge is 0.234 e. The number of allylic oxidation sites excluding steroid dienone is 5. The highest BCUT2D eigenvalue weighted by atomic mass is 32.2. The van der Waals surface area contributed by atoms with E-state index in [-0.39, 0.29) is 10.8 Å². The summed E-state index contributed by atoms with van der Waals surface area (Å²) < 4.78 is 47.6. The van der Waals surface area contributed by atoms with Gasteiger partial charge in [-0.25, -0.2) is 22.0 Å². The molecule has 1 unspecified atom stereocenters. The predicted molar refractivity (Wildman–Crippen MR) is 148 cm³/mol. The molecule has 1 aliphatic rings. The molecular formula is C29H27NO4S2. The van der Waals surface area contributed by atoms with Gasteiger partial charge >= 0.3 is 0 Å². The number of sulfonamides is 1. The Hall–Kier alpha value is -3.52. The minimum absolute atomic E-state index is 0.229. The molecule has 0 heterocycles. The molecule has 2 N–H and O–H groups in total. The highest BCUT2D eigenvalue weighted by Gasteiger charge is 2.21. The highest BCUT2D eigenvalue weighted by Crippen LogP contribution is 2.27. The Morgan fingerprint density at radius 1 is 0.778 bits per heavy atom. The van der Waals surface area contributed by atoms with Crippen molar-refractivity contribution in [3.8, 4) is 11.1 Å². The molecule has 0 saturated carbocycles. The van der Waals surface area contributed by atoms with Gasteiger partial charge in [0.05, 0.1) is 9.80 Å². The van der Waals surface area contributed by atoms with Crippen LogP contribution in [0, 0.1) is 5.92 Å². The van der Waals surface area contributed by atoms with Gasteiger partial charge in [-0.05, 0) is 46.4 Å². The summed E-state index contributed by atoms with van der Waals surface area (Å²) in [4.78, 5) is 0.538. The fourth-order valence-corrected chi connectivity index (χ4v) is 5.80. The summed E-state index contributed by atoms with van der Waals surface area (Å²) in [5.74, 6) is -0.269. The summed E-state index contributed by atoms with van der Waals surface area (Å²) in [6.07, 6.45) is 14.5. The maximum absolute atomic E-state index is 12.0. The summed E-state index contributed by atoms with van der Waals surface area (Å²) in [5, 5.41) is 5.34. The number of hydrogen-bond donors (Lipinski definition) is 1. The first-order chi connectivity index (χ1) is 17.1. The van der Waals surface area contributed by atoms with Gasteiger partial charge in [-0.15, -0.1) is 0 Å². The van der Waals surface area contributed by atoms with Crippen LogP contribution in [0.3, 0.4) is 0 Å². The Balaban J connectivity index is 1.46. The van der Waals surface area contributed by atoms with Gasteiger partial charge in [0.1, 0.15) is 0 Å². The standard InChI is InChI=1S/C29H27NO4S2/c1-35(31,32)28-8-4-2-6-26(28)20-14-22-10-16-24(17-11-22)25-18-12-23(13-19-25)15-21-27-7-3-5-9-29(27)36(30,33)34/h2-6,8-21,27H,7H2,1H3,(H2,30,33,34)/b20-14+,21-15+. The molecule has 0 bridgehead atoms. The number of sulfone groups is 1. The zero-order valence-electron chi connectivity index (χ0n) is 19.8. The molecule has 1 aliphatic carbocycles. The van der Waals surface area contributed by atoms with Crippen LogP contribution in [-0.4, -0.2) is 23.1 Å². The second-order valence-corrected chi connectivity index (χ2v) is 12.2. The normalized spacial score (nSPS) is 16.5. The molecule has 0 fully saturated rings. The molecule has 0 spiro atoms. The third-order valence-corrected chi connectivity index (χ3v) is 8.20. The Kier molecular flexibility index (Phi) is 7.54. The van der Waals surface area contributed by atoms with Crippen LogP contribution in [0.1, 0.15) is 23.1 Å². The number of rotatable bonds is 7. The Morgan fingerprint density at radius 3 is 1.94 bits per heavy atom. The highest BCUT2D eigenvalue weighted by molar-refractivity contribution is 7.93. The molecule has 4 rings (SSSR count). The van der Waals surface area contributed by atoms with Gasteiger partial charge in [0.15, 0.2) is 9.84 Å². The summed E-state index contributed by atoms with van der Waals surface area (Å²) >= 11 is 0. The molecule has 3 aromatic carbocycles. The molecular weight excluding hydrogens is 490 g/mol. The number of hydrogen-bond acceptors (Lipinski definition) is 4. The van der Waals surface area contributed by atoms with E-state index < -0.39 is 19.9 Å². The Bertz CT molecular complexity index is 1580. The quantitative estimate of drug-likeness (QED) is 0.408. The van der Waals surface area contributed by atoms with Crippen molar-refractivity contribution in [3.05, 3.63) is 119 Å². The van der Waals surface area contributed by atoms with Crippen LogP contribution in [0.15, 0.2) is 107 Å². The molecule has 0 aliphatic heterocycles. The molecule has 36 heavy (non-hydrogen) atoms. The summed E-state index contributed by atoms with van der Waals surface area (Å²) in [5.41, 5.74) is 4.68. The van der Waals surface area contributed by atoms with E-state index in [0.717, 1.165) is 22.3 Å². The minimum atomic E-state index is -3.73. The van der Waals surface area contributed by atoms with Gasteiger partial charge in [0, 0.05) is 12.2 Å². The van der Waals surface area contributed by atoms with Crippen molar-refractivity contribution in [2.45, 2.75) is 11.3 Å². The second-order valence-electron chi connectivity index (χ2n) is 8.63. The molecule has 5 nitrogen and oxygen atoms in total. The monoisotopic (exact) mass is 517 g/mol. The van der Waals surface area contributed by atoms with Crippen LogP contribution in [0.4, 0.5) is 0 Å². The van der Waals surface area contributed by atoms with Crippen LogP contribution < -0.4 is 5.14 Å². The number of nitrogens with two attached hydrogens (primary N) is 1. The zero-order valence-corrected chi connectivity index (χ0v) is 21.4. The first kappa shape index (κ1) is 25.6. The average molecular weight is 518 g/mol. The molecule has 0 aromatic heterocycles. The SMILES string of the molecule is CS(=O)(=O)c1ccccc1/C=C/c1ccc(-c2ccc(/C=C/C3CC=CC=C3S(N)(=O)=O)cc2)cc1. The van der Waals surface area contributed by atoms with E-state index in [1.807, 2.05) is 85.0 Å². The zero-order chi connectivity index (χ0) is 25.8. The smallest absolute Gasteiger partial charge is 0.225 e. The number of primary sulfonamides is 1. The molecule has 7 heteroatoms. The minimum Gasteiger partial charge on any atom is -0.225 e. The molecule has 0 amide bonds. The lowest BCUT2D eigenvalue weighted by Gasteiger charge is -2.16. The van der Waals surface area contributed by atoms with Crippen LogP contribution in [0.25, 0.3) is 29.4 Å². The van der Waals surface area contributed by atoms with Crippen LogP contribution in [0.2, 0.25) is 0 Å². The van der Waals surface area contributed by atoms with Gasteiger partial charge < -0.3 is 0 Å². The first-order valence-electron chi connectivity index (χ1n) is 11.4. The van der Waals surface area contributed by atoms with E-state index >= 15 is 0 Å². The van der Waals surface area contributed by atoms with Gasteiger partial charge in [-0.2, -0.15) is 0 Å². The first-order valence-corrected chi connectivity index (χ1v) is 14.8. The fraction of sp³-hybridized carbons (Fsp3) is 0.103. The van der Waals surface area contributed by atoms with Crippen LogP contribution in [0.5, 0.6) is 0 Å². The lowest BCUT2D eigenvalue weighted by atomic mass is 9.98. The van der Waals surface area contributed by atoms with Gasteiger partial charge in [0.2, 0.25) is 10.0 Å². The van der Waals surface area contributed by atoms with Crippen LogP contribution in [-0.2, 0) is 19.9 Å². The topological polar surface area (TPSA) is 94.3 Å². The van der Waals surface area contributed by atoms with Gasteiger partial charge in [-0.3, -0.25) is 0 Å². The molecule has 0 saturated heterocycles. The second kappa shape index (κ2) is 10.6. The van der Waals surface area contributed by atoms with Crippen molar-refractivity contribution in [1.29, 1.82) is 0 Å². The van der Waals surface area contributed by atoms with E-state index in [1.54, 1.807) is 30.4 Å². The molecule has 184 valence electrons. The van der Waals surface area contributed by atoms with E-state index in [1.165, 1.54) is 6.26 Å².